The van der Waals surface area contributed by atoms with Crippen LogP contribution in [0.25, 0.3) is 0 Å². The summed E-state index contributed by atoms with van der Waals surface area (Å²) in [5.41, 5.74) is 0.934. The van der Waals surface area contributed by atoms with Crippen LogP contribution in [0, 0.1) is 5.92 Å². The summed E-state index contributed by atoms with van der Waals surface area (Å²) < 4.78 is 35.2. The van der Waals surface area contributed by atoms with Crippen molar-refractivity contribution >= 4 is 10.2 Å². The first-order valence-corrected chi connectivity index (χ1v) is 9.16. The molecule has 22 heavy (non-hydrogen) atoms. The maximum atomic E-state index is 12.4. The average Bonchev–Trinajstić information content (AvgIpc) is 3.17. The molecule has 0 aromatic carbocycles. The lowest BCUT2D eigenvalue weighted by Crippen LogP contribution is -2.46. The van der Waals surface area contributed by atoms with E-state index in [1.807, 2.05) is 10.7 Å². The summed E-state index contributed by atoms with van der Waals surface area (Å²) in [5.74, 6) is 0.747. The average molecular weight is 328 g/mol. The molecule has 8 heteroatoms. The van der Waals surface area contributed by atoms with Crippen LogP contribution in [-0.4, -0.2) is 60.7 Å². The molecule has 0 amide bonds. The first-order valence-electron chi connectivity index (χ1n) is 7.76. The van der Waals surface area contributed by atoms with Crippen molar-refractivity contribution in [3.8, 4) is 0 Å². The molecule has 1 aliphatic heterocycles. The number of fused-ring (bicyclic) bond motifs is 1. The van der Waals surface area contributed by atoms with Gasteiger partial charge < -0.3 is 4.74 Å². The van der Waals surface area contributed by atoms with Gasteiger partial charge in [-0.25, -0.2) is 0 Å². The molecule has 1 aromatic heterocycles. The normalized spacial score (nSPS) is 23.0. The van der Waals surface area contributed by atoms with Crippen molar-refractivity contribution < 1.29 is 13.2 Å². The predicted molar refractivity (Wildman–Crippen MR) is 82.4 cm³/mol. The molecule has 0 saturated heterocycles. The zero-order valence-corrected chi connectivity index (χ0v) is 14.0. The fraction of sp³-hybridized carbons (Fsp3) is 0.786. The number of hydrogen-bond donors (Lipinski definition) is 0. The molecule has 124 valence electrons. The number of nitrogens with zero attached hydrogens (tertiary/aromatic N) is 4. The van der Waals surface area contributed by atoms with Gasteiger partial charge in [0.15, 0.2) is 0 Å². The number of aromatic nitrogens is 2. The van der Waals surface area contributed by atoms with E-state index in [1.54, 1.807) is 20.3 Å². The van der Waals surface area contributed by atoms with E-state index in [4.69, 9.17) is 4.74 Å². The second kappa shape index (κ2) is 6.27. The minimum absolute atomic E-state index is 0.0349. The second-order valence-corrected chi connectivity index (χ2v) is 8.45. The van der Waals surface area contributed by atoms with Crippen molar-refractivity contribution in [2.45, 2.75) is 31.8 Å². The molecular formula is C14H24N4O3S. The van der Waals surface area contributed by atoms with Crippen molar-refractivity contribution in [1.82, 2.24) is 18.4 Å². The van der Waals surface area contributed by atoms with Crippen LogP contribution in [0.15, 0.2) is 12.3 Å². The Bertz CT molecular complexity index is 609. The molecule has 1 aliphatic carbocycles. The summed E-state index contributed by atoms with van der Waals surface area (Å²) in [4.78, 5) is 0. The molecule has 2 aliphatic rings. The van der Waals surface area contributed by atoms with Gasteiger partial charge in [-0.1, -0.05) is 0 Å². The first kappa shape index (κ1) is 15.9. The smallest absolute Gasteiger partial charge is 0.281 e. The van der Waals surface area contributed by atoms with Crippen molar-refractivity contribution in [3.05, 3.63) is 18.0 Å². The molecular weight excluding hydrogens is 304 g/mol. The Morgan fingerprint density at radius 3 is 2.86 bits per heavy atom. The molecule has 0 N–H and O–H groups in total. The van der Waals surface area contributed by atoms with Gasteiger partial charge in [0.1, 0.15) is 0 Å². The maximum Gasteiger partial charge on any atom is 0.281 e. The fourth-order valence-electron chi connectivity index (χ4n) is 2.73. The van der Waals surface area contributed by atoms with E-state index in [2.05, 4.69) is 5.10 Å². The Labute approximate surface area is 132 Å². The highest BCUT2D eigenvalue weighted by Gasteiger charge is 2.33. The maximum absolute atomic E-state index is 12.4. The molecule has 0 spiro atoms. The Hall–Kier alpha value is -0.960. The van der Waals surface area contributed by atoms with Crippen molar-refractivity contribution in [2.24, 2.45) is 5.92 Å². The first-order chi connectivity index (χ1) is 10.5. The van der Waals surface area contributed by atoms with Gasteiger partial charge >= 0.3 is 0 Å². The monoisotopic (exact) mass is 328 g/mol. The molecule has 0 radical (unpaired) electrons. The zero-order chi connectivity index (χ0) is 15.7. The van der Waals surface area contributed by atoms with Crippen molar-refractivity contribution in [1.29, 1.82) is 0 Å². The third-order valence-electron chi connectivity index (χ3n) is 4.28. The molecule has 3 rings (SSSR count). The van der Waals surface area contributed by atoms with Crippen molar-refractivity contribution in [2.75, 3.05) is 33.9 Å². The highest BCUT2D eigenvalue weighted by Crippen LogP contribution is 2.29. The largest absolute Gasteiger partial charge is 0.381 e. The summed E-state index contributed by atoms with van der Waals surface area (Å²) in [7, 11) is -0.274. The summed E-state index contributed by atoms with van der Waals surface area (Å²) in [5, 5.41) is 4.35. The van der Waals surface area contributed by atoms with E-state index in [9.17, 15) is 8.42 Å². The number of rotatable bonds is 7. The second-order valence-electron chi connectivity index (χ2n) is 6.31. The third-order valence-corrected chi connectivity index (χ3v) is 6.14. The lowest BCUT2D eigenvalue weighted by atomic mass is 10.1. The molecule has 0 unspecified atom stereocenters. The topological polar surface area (TPSA) is 67.7 Å². The van der Waals surface area contributed by atoms with Crippen LogP contribution in [0.4, 0.5) is 0 Å². The van der Waals surface area contributed by atoms with Crippen LogP contribution in [0.5, 0.6) is 0 Å². The lowest BCUT2D eigenvalue weighted by Gasteiger charge is -2.34. The number of ether oxygens (including phenoxy) is 1. The molecule has 1 aromatic rings. The van der Waals surface area contributed by atoms with Gasteiger partial charge in [0.25, 0.3) is 10.2 Å². The number of hydrogen-bond acceptors (Lipinski definition) is 4. The molecule has 2 heterocycles. The van der Waals surface area contributed by atoms with Crippen LogP contribution >= 0.6 is 0 Å². The summed E-state index contributed by atoms with van der Waals surface area (Å²) in [6.45, 7) is 2.30. The van der Waals surface area contributed by atoms with Gasteiger partial charge in [-0.2, -0.15) is 22.1 Å². The van der Waals surface area contributed by atoms with E-state index in [1.165, 1.54) is 21.5 Å². The van der Waals surface area contributed by atoms with E-state index >= 15 is 0 Å². The lowest BCUT2D eigenvalue weighted by molar-refractivity contribution is 0.102. The highest BCUT2D eigenvalue weighted by molar-refractivity contribution is 7.86. The van der Waals surface area contributed by atoms with Crippen LogP contribution in [0.3, 0.4) is 0 Å². The van der Waals surface area contributed by atoms with Crippen molar-refractivity contribution in [3.63, 3.8) is 0 Å². The van der Waals surface area contributed by atoms with Gasteiger partial charge in [-0.3, -0.25) is 4.68 Å². The van der Waals surface area contributed by atoms with Crippen LogP contribution in [0.1, 0.15) is 31.0 Å². The fourth-order valence-corrected chi connectivity index (χ4v) is 3.85. The van der Waals surface area contributed by atoms with E-state index < -0.39 is 10.2 Å². The minimum atomic E-state index is -3.40. The van der Waals surface area contributed by atoms with E-state index in [0.29, 0.717) is 19.7 Å². The third kappa shape index (κ3) is 3.34. The van der Waals surface area contributed by atoms with E-state index in [-0.39, 0.29) is 6.04 Å². The Morgan fingerprint density at radius 2 is 2.18 bits per heavy atom. The van der Waals surface area contributed by atoms with Gasteiger partial charge in [0, 0.05) is 40.1 Å². The Morgan fingerprint density at radius 1 is 1.41 bits per heavy atom. The SMILES string of the molecule is CN(C)S(=O)(=O)N1Cc2ccnn2[C@H](CCOCC2CC2)C1. The molecule has 1 fully saturated rings. The summed E-state index contributed by atoms with van der Waals surface area (Å²) >= 11 is 0. The highest BCUT2D eigenvalue weighted by atomic mass is 32.2. The molecule has 7 nitrogen and oxygen atoms in total. The summed E-state index contributed by atoms with van der Waals surface area (Å²) in [6.07, 6.45) is 5.07. The van der Waals surface area contributed by atoms with Crippen LogP contribution in [0.2, 0.25) is 0 Å². The van der Waals surface area contributed by atoms with Gasteiger partial charge in [-0.15, -0.1) is 0 Å². The zero-order valence-electron chi connectivity index (χ0n) is 13.2. The van der Waals surface area contributed by atoms with Gasteiger partial charge in [0.2, 0.25) is 0 Å². The molecule has 1 atom stereocenters. The summed E-state index contributed by atoms with van der Waals surface area (Å²) in [6, 6.07) is 1.92. The van der Waals surface area contributed by atoms with E-state index in [0.717, 1.165) is 24.6 Å². The molecule has 0 bridgehead atoms. The van der Waals surface area contributed by atoms with Gasteiger partial charge in [-0.05, 0) is 31.2 Å². The van der Waals surface area contributed by atoms with Gasteiger partial charge in [0.05, 0.1) is 18.3 Å². The quantitative estimate of drug-likeness (QED) is 0.696. The van der Waals surface area contributed by atoms with Crippen LogP contribution < -0.4 is 0 Å². The standard InChI is InChI=1S/C14H24N4O3S/c1-16(2)22(19,20)17-9-13-5-7-15-18(13)14(10-17)6-8-21-11-12-3-4-12/h5,7,12,14H,3-4,6,8-11H2,1-2H3/t14-/m1/s1. The van der Waals surface area contributed by atoms with Crippen LogP contribution in [-0.2, 0) is 21.5 Å². The predicted octanol–water partition coefficient (Wildman–Crippen LogP) is 0.863. The minimum Gasteiger partial charge on any atom is -0.381 e. The molecule has 1 saturated carbocycles. The Balaban J connectivity index is 1.66. The Kier molecular flexibility index (Phi) is 4.54.